The van der Waals surface area contributed by atoms with E-state index in [1.165, 1.54) is 31.0 Å². The third-order valence-electron chi connectivity index (χ3n) is 8.63. The Labute approximate surface area is 301 Å². The minimum atomic E-state index is -0.902. The number of thioether (sulfide) groups is 1. The Hall–Kier alpha value is -4.02. The fraction of sp³-hybridized carbons (Fsp3) is 0.475. The van der Waals surface area contributed by atoms with E-state index in [1.54, 1.807) is 6.08 Å². The molecule has 2 amide bonds. The number of carbonyl (C=O) groups is 4. The van der Waals surface area contributed by atoms with Gasteiger partial charge in [-0.2, -0.15) is 0 Å². The lowest BCUT2D eigenvalue weighted by molar-refractivity contribution is -0.153. The lowest BCUT2D eigenvalue weighted by Gasteiger charge is -2.27. The number of nitrogens with one attached hydrogen (secondary N) is 2. The first kappa shape index (κ1) is 38.8. The van der Waals surface area contributed by atoms with Crippen LogP contribution in [0.4, 0.5) is 0 Å². The predicted molar refractivity (Wildman–Crippen MR) is 200 cm³/mol. The van der Waals surface area contributed by atoms with Crippen molar-refractivity contribution in [3.63, 3.8) is 0 Å². The first-order valence-corrected chi connectivity index (χ1v) is 18.9. The molecule has 0 unspecified atom stereocenters. The minimum Gasteiger partial charge on any atom is -0.456 e. The molecule has 2 bridgehead atoms. The van der Waals surface area contributed by atoms with Crippen molar-refractivity contribution in [1.29, 1.82) is 0 Å². The van der Waals surface area contributed by atoms with E-state index in [1.807, 2.05) is 61.2 Å². The number of allylic oxidation sites excluding steroid dienone is 1. The van der Waals surface area contributed by atoms with Crippen LogP contribution in [0.1, 0.15) is 89.1 Å². The van der Waals surface area contributed by atoms with E-state index >= 15 is 0 Å². The van der Waals surface area contributed by atoms with Crippen LogP contribution in [0.2, 0.25) is 0 Å². The number of esters is 1. The first-order chi connectivity index (χ1) is 24.2. The maximum Gasteiger partial charge on any atom is 0.329 e. The van der Waals surface area contributed by atoms with Gasteiger partial charge in [0.15, 0.2) is 5.12 Å². The number of rotatable bonds is 13. The highest BCUT2D eigenvalue weighted by atomic mass is 32.2. The van der Waals surface area contributed by atoms with Crippen LogP contribution in [-0.4, -0.2) is 57.2 Å². The van der Waals surface area contributed by atoms with Gasteiger partial charge in [0.2, 0.25) is 11.8 Å². The van der Waals surface area contributed by atoms with Crippen molar-refractivity contribution in [2.24, 2.45) is 5.92 Å². The predicted octanol–water partition coefficient (Wildman–Crippen LogP) is 6.88. The van der Waals surface area contributed by atoms with Crippen molar-refractivity contribution in [3.05, 3.63) is 89.8 Å². The number of carbonyl (C=O) groups excluding carboxylic acids is 4. The summed E-state index contributed by atoms with van der Waals surface area (Å²) in [6, 6.07) is 19.1. The van der Waals surface area contributed by atoms with Crippen LogP contribution >= 0.6 is 11.8 Å². The van der Waals surface area contributed by atoms with Gasteiger partial charge in [0.05, 0.1) is 30.9 Å². The molecule has 0 radical (unpaired) electrons. The van der Waals surface area contributed by atoms with Crippen LogP contribution in [0.15, 0.2) is 72.8 Å². The van der Waals surface area contributed by atoms with Crippen molar-refractivity contribution in [1.82, 2.24) is 20.5 Å². The highest BCUT2D eigenvalue weighted by Crippen LogP contribution is 2.21. The van der Waals surface area contributed by atoms with E-state index in [2.05, 4.69) is 41.8 Å². The normalized spacial score (nSPS) is 18.3. The van der Waals surface area contributed by atoms with Gasteiger partial charge in [0.1, 0.15) is 12.1 Å². The Bertz CT molecular complexity index is 1600. The molecular formula is C40H52N4O5S. The number of aromatic nitrogens is 1. The Morgan fingerprint density at radius 2 is 1.72 bits per heavy atom. The monoisotopic (exact) mass is 700 g/mol. The lowest BCUT2D eigenvalue weighted by atomic mass is 10.0. The van der Waals surface area contributed by atoms with Gasteiger partial charge < -0.3 is 15.4 Å². The summed E-state index contributed by atoms with van der Waals surface area (Å²) in [6.07, 6.45) is 9.37. The maximum atomic E-state index is 13.6. The zero-order chi connectivity index (χ0) is 35.7. The van der Waals surface area contributed by atoms with E-state index in [-0.39, 0.29) is 42.4 Å². The summed E-state index contributed by atoms with van der Waals surface area (Å²) in [6.45, 7) is 7.02. The summed E-state index contributed by atoms with van der Waals surface area (Å²) < 4.78 is 5.87. The third kappa shape index (κ3) is 13.0. The van der Waals surface area contributed by atoms with Gasteiger partial charge in [-0.05, 0) is 53.3 Å². The number of amides is 2. The molecule has 1 aliphatic heterocycles. The van der Waals surface area contributed by atoms with E-state index in [0.717, 1.165) is 34.9 Å². The molecule has 0 spiro atoms. The number of unbranched alkanes of at least 4 members (excludes halogenated alkanes) is 4. The van der Waals surface area contributed by atoms with Crippen LogP contribution in [0.25, 0.3) is 10.8 Å². The van der Waals surface area contributed by atoms with Crippen molar-refractivity contribution >= 4 is 45.4 Å². The molecular weight excluding hydrogens is 649 g/mol. The summed E-state index contributed by atoms with van der Waals surface area (Å²) >= 11 is 1.32. The van der Waals surface area contributed by atoms with Gasteiger partial charge in [-0.1, -0.05) is 113 Å². The summed E-state index contributed by atoms with van der Waals surface area (Å²) in [7, 11) is 0. The molecule has 3 aromatic rings. The number of fused-ring (bicyclic) bond motifs is 3. The summed E-state index contributed by atoms with van der Waals surface area (Å²) in [5.74, 6) is -0.830. The van der Waals surface area contributed by atoms with Crippen LogP contribution in [0, 0.1) is 5.92 Å². The molecule has 268 valence electrons. The molecule has 0 fully saturated rings. The molecule has 0 aliphatic carbocycles. The van der Waals surface area contributed by atoms with Crippen molar-refractivity contribution in [2.45, 2.75) is 104 Å². The van der Waals surface area contributed by atoms with Crippen LogP contribution in [-0.2, 0) is 43.5 Å². The minimum absolute atomic E-state index is 0.0425. The SMILES string of the molecule is CCCCCCCC(=O)SCCC=C[C@@H]1CC(=O)NCc2cccc(n2)CN(Cc2cccc3ccccc23)CC(=O)N[C@@H](C(C)C)C(=O)O1. The second-order valence-corrected chi connectivity index (χ2v) is 14.4. The number of cyclic esters (lactones) is 1. The number of hydrogen-bond donors (Lipinski definition) is 2. The van der Waals surface area contributed by atoms with Gasteiger partial charge in [-0.3, -0.25) is 24.3 Å². The van der Waals surface area contributed by atoms with Gasteiger partial charge in [0, 0.05) is 25.3 Å². The van der Waals surface area contributed by atoms with Crippen molar-refractivity contribution < 1.29 is 23.9 Å². The zero-order valence-electron chi connectivity index (χ0n) is 29.7. The largest absolute Gasteiger partial charge is 0.456 e. The van der Waals surface area contributed by atoms with Crippen LogP contribution in [0.5, 0.6) is 0 Å². The average molecular weight is 701 g/mol. The molecule has 2 atom stereocenters. The smallest absolute Gasteiger partial charge is 0.329 e. The maximum absolute atomic E-state index is 13.6. The Morgan fingerprint density at radius 3 is 2.54 bits per heavy atom. The topological polar surface area (TPSA) is 118 Å². The van der Waals surface area contributed by atoms with Gasteiger partial charge in [-0.25, -0.2) is 4.79 Å². The molecule has 2 N–H and O–H groups in total. The van der Waals surface area contributed by atoms with E-state index < -0.39 is 18.1 Å². The van der Waals surface area contributed by atoms with E-state index in [0.29, 0.717) is 37.4 Å². The number of nitrogens with zero attached hydrogens (tertiary/aromatic N) is 2. The Balaban J connectivity index is 1.47. The third-order valence-corrected chi connectivity index (χ3v) is 9.60. The molecule has 2 aromatic carbocycles. The molecule has 2 heterocycles. The molecule has 1 aromatic heterocycles. The van der Waals surface area contributed by atoms with Gasteiger partial charge in [0.25, 0.3) is 0 Å². The number of hydrogen-bond acceptors (Lipinski definition) is 8. The standard InChI is InChI=1S/C40H52N4O5S/c1-4-5-6-7-8-22-38(47)50-23-12-11-20-34-24-36(45)41-25-32-18-14-19-33(42-32)27-44(28-37(46)43-39(29(2)3)40(48)49-34)26-31-17-13-16-30-15-9-10-21-35(30)31/h9-11,13-21,29,34,39H,4-8,12,22-28H2,1-3H3,(H,41,45)(H,43,46)/t34-,39+/m1/s1. The second-order valence-electron chi connectivity index (χ2n) is 13.3. The second kappa shape index (κ2) is 20.6. The molecule has 0 saturated heterocycles. The number of benzene rings is 2. The molecule has 10 heteroatoms. The lowest BCUT2D eigenvalue weighted by Crippen LogP contribution is -2.49. The fourth-order valence-corrected chi connectivity index (χ4v) is 6.72. The average Bonchev–Trinajstić information content (AvgIpc) is 3.09. The summed E-state index contributed by atoms with van der Waals surface area (Å²) in [4.78, 5) is 59.3. The van der Waals surface area contributed by atoms with Crippen LogP contribution < -0.4 is 10.6 Å². The number of ether oxygens (including phenoxy) is 1. The highest BCUT2D eigenvalue weighted by Gasteiger charge is 2.29. The Kier molecular flexibility index (Phi) is 16.0. The first-order valence-electron chi connectivity index (χ1n) is 17.9. The number of pyridine rings is 1. The van der Waals surface area contributed by atoms with Crippen molar-refractivity contribution in [3.8, 4) is 0 Å². The van der Waals surface area contributed by atoms with Crippen molar-refractivity contribution in [2.75, 3.05) is 12.3 Å². The summed E-state index contributed by atoms with van der Waals surface area (Å²) in [5.41, 5.74) is 2.53. The molecule has 50 heavy (non-hydrogen) atoms. The summed E-state index contributed by atoms with van der Waals surface area (Å²) in [5, 5.41) is 8.25. The fourth-order valence-electron chi connectivity index (χ4n) is 5.95. The van der Waals surface area contributed by atoms with E-state index in [4.69, 9.17) is 9.72 Å². The quantitative estimate of drug-likeness (QED) is 0.113. The molecule has 0 saturated carbocycles. The van der Waals surface area contributed by atoms with Crippen LogP contribution in [0.3, 0.4) is 0 Å². The zero-order valence-corrected chi connectivity index (χ0v) is 30.5. The van der Waals surface area contributed by atoms with E-state index in [9.17, 15) is 19.2 Å². The molecule has 1 aliphatic rings. The Morgan fingerprint density at radius 1 is 0.960 bits per heavy atom. The molecule has 9 nitrogen and oxygen atoms in total. The van der Waals surface area contributed by atoms with Gasteiger partial charge in [-0.15, -0.1) is 0 Å². The van der Waals surface area contributed by atoms with Gasteiger partial charge >= 0.3 is 5.97 Å². The molecule has 4 rings (SSSR count). The highest BCUT2D eigenvalue weighted by molar-refractivity contribution is 8.13.